The smallest absolute Gasteiger partial charge is 0.226 e. The van der Waals surface area contributed by atoms with Crippen molar-refractivity contribution in [2.45, 2.75) is 77.6 Å². The molecule has 2 aliphatic carbocycles. The topological polar surface area (TPSA) is 35.5 Å². The van der Waals surface area contributed by atoms with E-state index in [9.17, 15) is 4.79 Å². The first kappa shape index (κ1) is 14.2. The largest absolute Gasteiger partial charge is 0.341 e. The van der Waals surface area contributed by atoms with E-state index in [4.69, 9.17) is 9.47 Å². The van der Waals surface area contributed by atoms with E-state index in [2.05, 4.69) is 20.8 Å². The predicted molar refractivity (Wildman–Crippen MR) is 79.8 cm³/mol. The lowest BCUT2D eigenvalue weighted by Crippen LogP contribution is -2.63. The van der Waals surface area contributed by atoms with Gasteiger partial charge in [-0.3, -0.25) is 4.79 Å². The quantitative estimate of drug-likeness (QED) is 0.683. The average molecular weight is 292 g/mol. The number of ether oxygens (including phenoxy) is 2. The Balaban J connectivity index is 1.77. The first-order valence-corrected chi connectivity index (χ1v) is 8.59. The molecule has 0 aromatic rings. The van der Waals surface area contributed by atoms with E-state index in [1.54, 1.807) is 0 Å². The van der Waals surface area contributed by atoms with Crippen LogP contribution in [0.15, 0.2) is 0 Å². The minimum atomic E-state index is -0.954. The summed E-state index contributed by atoms with van der Waals surface area (Å²) < 4.78 is 12.1. The summed E-state index contributed by atoms with van der Waals surface area (Å²) in [6, 6.07) is 0. The summed E-state index contributed by atoms with van der Waals surface area (Å²) in [6.45, 7) is 9.71. The molecule has 1 spiro atoms. The van der Waals surface area contributed by atoms with Crippen LogP contribution in [-0.2, 0) is 14.3 Å². The lowest BCUT2D eigenvalue weighted by Gasteiger charge is -2.62. The van der Waals surface area contributed by atoms with Crippen molar-refractivity contribution in [3.8, 4) is 0 Å². The Bertz CT molecular complexity index is 499. The van der Waals surface area contributed by atoms with Crippen molar-refractivity contribution in [2.24, 2.45) is 22.7 Å². The van der Waals surface area contributed by atoms with Crippen LogP contribution >= 0.6 is 0 Å². The molecule has 3 heteroatoms. The van der Waals surface area contributed by atoms with Crippen molar-refractivity contribution in [1.82, 2.24) is 0 Å². The lowest BCUT2D eigenvalue weighted by atomic mass is 9.44. The number of hydrogen-bond acceptors (Lipinski definition) is 3. The van der Waals surface area contributed by atoms with Crippen molar-refractivity contribution in [2.75, 3.05) is 6.61 Å². The van der Waals surface area contributed by atoms with Gasteiger partial charge in [-0.2, -0.15) is 0 Å². The molecule has 4 aliphatic rings. The predicted octanol–water partition coefficient (Wildman–Crippen LogP) is 3.70. The van der Waals surface area contributed by atoms with Gasteiger partial charge < -0.3 is 9.47 Å². The number of carbonyl (C=O) groups is 1. The zero-order valence-corrected chi connectivity index (χ0v) is 13.8. The molecule has 3 nitrogen and oxygen atoms in total. The molecule has 2 saturated heterocycles. The van der Waals surface area contributed by atoms with Gasteiger partial charge in [0.15, 0.2) is 5.78 Å². The SMILES string of the molecule is CC1(C)CCC[C@@]2(C)[C@H]1CC[C@@]13CO[C@@](C)(O1)C(=O)C[C@@H]32. The summed E-state index contributed by atoms with van der Waals surface area (Å²) in [5.74, 6) is 0.247. The van der Waals surface area contributed by atoms with Crippen LogP contribution in [0, 0.1) is 22.7 Å². The second kappa shape index (κ2) is 3.91. The summed E-state index contributed by atoms with van der Waals surface area (Å²) in [6.07, 6.45) is 6.76. The number of hydrogen-bond donors (Lipinski definition) is 0. The molecule has 0 amide bonds. The maximum atomic E-state index is 12.6. The molecular formula is C18H28O3. The van der Waals surface area contributed by atoms with Crippen LogP contribution in [0.3, 0.4) is 0 Å². The Labute approximate surface area is 127 Å². The molecule has 4 fully saturated rings. The van der Waals surface area contributed by atoms with E-state index in [0.717, 1.165) is 6.42 Å². The fourth-order valence-electron chi connectivity index (χ4n) is 6.40. The highest BCUT2D eigenvalue weighted by molar-refractivity contribution is 5.87. The first-order valence-electron chi connectivity index (χ1n) is 8.59. The van der Waals surface area contributed by atoms with Gasteiger partial charge >= 0.3 is 0 Å². The highest BCUT2D eigenvalue weighted by Crippen LogP contribution is 2.66. The van der Waals surface area contributed by atoms with E-state index in [1.165, 1.54) is 25.7 Å². The Morgan fingerprint density at radius 2 is 1.81 bits per heavy atom. The van der Waals surface area contributed by atoms with Crippen LogP contribution in [-0.4, -0.2) is 23.8 Å². The van der Waals surface area contributed by atoms with Crippen molar-refractivity contribution in [3.05, 3.63) is 0 Å². The van der Waals surface area contributed by atoms with Gasteiger partial charge in [0.05, 0.1) is 12.2 Å². The third-order valence-electron chi connectivity index (χ3n) is 7.45. The second-order valence-electron chi connectivity index (χ2n) is 9.02. The third kappa shape index (κ3) is 1.65. The average Bonchev–Trinajstić information content (AvgIpc) is 2.67. The monoisotopic (exact) mass is 292 g/mol. The lowest BCUT2D eigenvalue weighted by molar-refractivity contribution is -0.245. The second-order valence-corrected chi connectivity index (χ2v) is 9.02. The van der Waals surface area contributed by atoms with Crippen molar-refractivity contribution < 1.29 is 14.3 Å². The Hall–Kier alpha value is -0.410. The molecule has 0 aromatic heterocycles. The zero-order chi connectivity index (χ0) is 15.1. The highest BCUT2D eigenvalue weighted by Gasteiger charge is 2.68. The zero-order valence-electron chi connectivity index (χ0n) is 13.8. The maximum Gasteiger partial charge on any atom is 0.226 e. The molecule has 0 N–H and O–H groups in total. The van der Waals surface area contributed by atoms with Gasteiger partial charge in [-0.05, 0) is 49.4 Å². The number of Topliss-reactive ketones (excluding diaryl/α,β-unsaturated/α-hetero) is 1. The Morgan fingerprint density at radius 1 is 1.05 bits per heavy atom. The van der Waals surface area contributed by atoms with Crippen LogP contribution < -0.4 is 0 Å². The van der Waals surface area contributed by atoms with E-state index in [1.807, 2.05) is 6.92 Å². The molecule has 0 unspecified atom stereocenters. The molecule has 2 aliphatic heterocycles. The summed E-state index contributed by atoms with van der Waals surface area (Å²) in [5.41, 5.74) is 0.421. The number of ketones is 1. The standard InChI is InChI=1S/C18H28O3/c1-15(2)7-5-8-16(3)12(15)6-9-18-11-20-17(4,21-18)14(19)10-13(16)18/h12-13H,5-11H2,1-4H3/t12-,13+,16-,17-,18-/m0/s1. The first-order chi connectivity index (χ1) is 9.72. The molecule has 5 atom stereocenters. The van der Waals surface area contributed by atoms with Gasteiger partial charge in [-0.25, -0.2) is 0 Å². The Kier molecular flexibility index (Phi) is 2.65. The summed E-state index contributed by atoms with van der Waals surface area (Å²) in [7, 11) is 0. The summed E-state index contributed by atoms with van der Waals surface area (Å²) in [5, 5.41) is 0. The fraction of sp³-hybridized carbons (Fsp3) is 0.944. The minimum absolute atomic E-state index is 0.158. The molecular weight excluding hydrogens is 264 g/mol. The maximum absolute atomic E-state index is 12.6. The van der Waals surface area contributed by atoms with E-state index in [0.29, 0.717) is 30.3 Å². The number of rotatable bonds is 0. The minimum Gasteiger partial charge on any atom is -0.341 e. The molecule has 118 valence electrons. The molecule has 4 rings (SSSR count). The van der Waals surface area contributed by atoms with Gasteiger partial charge in [0.1, 0.15) is 0 Å². The van der Waals surface area contributed by atoms with E-state index >= 15 is 0 Å². The van der Waals surface area contributed by atoms with Gasteiger partial charge in [-0.15, -0.1) is 0 Å². The summed E-state index contributed by atoms with van der Waals surface area (Å²) in [4.78, 5) is 12.6. The van der Waals surface area contributed by atoms with Crippen LogP contribution in [0.25, 0.3) is 0 Å². The molecule has 2 bridgehead atoms. The van der Waals surface area contributed by atoms with E-state index < -0.39 is 5.79 Å². The normalized spacial score (nSPS) is 55.0. The van der Waals surface area contributed by atoms with Crippen molar-refractivity contribution in [1.29, 1.82) is 0 Å². The molecule has 21 heavy (non-hydrogen) atoms. The van der Waals surface area contributed by atoms with Gasteiger partial charge in [0.25, 0.3) is 0 Å². The summed E-state index contributed by atoms with van der Waals surface area (Å²) >= 11 is 0. The number of carbonyl (C=O) groups excluding carboxylic acids is 1. The van der Waals surface area contributed by atoms with Gasteiger partial charge in [0.2, 0.25) is 5.79 Å². The van der Waals surface area contributed by atoms with Crippen molar-refractivity contribution in [3.63, 3.8) is 0 Å². The van der Waals surface area contributed by atoms with E-state index in [-0.39, 0.29) is 16.8 Å². The van der Waals surface area contributed by atoms with Crippen LogP contribution in [0.4, 0.5) is 0 Å². The van der Waals surface area contributed by atoms with Gasteiger partial charge in [0, 0.05) is 12.3 Å². The van der Waals surface area contributed by atoms with Crippen molar-refractivity contribution >= 4 is 5.78 Å². The Morgan fingerprint density at radius 3 is 2.57 bits per heavy atom. The molecule has 0 radical (unpaired) electrons. The molecule has 0 aromatic carbocycles. The van der Waals surface area contributed by atoms with Crippen LogP contribution in [0.1, 0.15) is 66.2 Å². The van der Waals surface area contributed by atoms with Gasteiger partial charge in [-0.1, -0.05) is 27.2 Å². The highest BCUT2D eigenvalue weighted by atomic mass is 16.8. The molecule has 2 heterocycles. The van der Waals surface area contributed by atoms with Crippen LogP contribution in [0.2, 0.25) is 0 Å². The molecule has 2 saturated carbocycles. The van der Waals surface area contributed by atoms with Crippen LogP contribution in [0.5, 0.6) is 0 Å². The third-order valence-corrected chi connectivity index (χ3v) is 7.45. The fourth-order valence-corrected chi connectivity index (χ4v) is 6.40. The number of fused-ring (bicyclic) bond motifs is 3.